The van der Waals surface area contributed by atoms with Crippen molar-refractivity contribution in [3.63, 3.8) is 0 Å². The molecular formula is C17H11F3N2OS. The number of aromatic nitrogens is 1. The van der Waals surface area contributed by atoms with Gasteiger partial charge in [-0.05, 0) is 48.0 Å². The maximum Gasteiger partial charge on any atom is 0.416 e. The van der Waals surface area contributed by atoms with Crippen LogP contribution in [0.1, 0.15) is 15.2 Å². The maximum absolute atomic E-state index is 12.7. The SMILES string of the molecule is O=C(Nc1cccc(C(F)(F)F)c1)c1ccc(-c2ccncc2)s1. The maximum atomic E-state index is 12.7. The van der Waals surface area contributed by atoms with E-state index in [1.807, 2.05) is 12.1 Å². The van der Waals surface area contributed by atoms with E-state index in [1.54, 1.807) is 24.5 Å². The first-order valence-electron chi connectivity index (χ1n) is 6.92. The third-order valence-electron chi connectivity index (χ3n) is 3.24. The highest BCUT2D eigenvalue weighted by Gasteiger charge is 2.30. The van der Waals surface area contributed by atoms with Crippen LogP contribution in [0, 0.1) is 0 Å². The van der Waals surface area contributed by atoms with Crippen LogP contribution < -0.4 is 5.32 Å². The van der Waals surface area contributed by atoms with Crippen LogP contribution in [0.2, 0.25) is 0 Å². The van der Waals surface area contributed by atoms with E-state index in [-0.39, 0.29) is 5.69 Å². The Hall–Kier alpha value is -2.67. The number of halogens is 3. The molecule has 3 nitrogen and oxygen atoms in total. The van der Waals surface area contributed by atoms with E-state index in [9.17, 15) is 18.0 Å². The third kappa shape index (κ3) is 3.62. The predicted octanol–water partition coefficient (Wildman–Crippen LogP) is 5.08. The van der Waals surface area contributed by atoms with E-state index < -0.39 is 17.6 Å². The number of anilines is 1. The minimum atomic E-state index is -4.45. The smallest absolute Gasteiger partial charge is 0.321 e. The number of amides is 1. The highest BCUT2D eigenvalue weighted by atomic mass is 32.1. The fourth-order valence-corrected chi connectivity index (χ4v) is 3.00. The van der Waals surface area contributed by atoms with Crippen molar-refractivity contribution in [2.75, 3.05) is 5.32 Å². The van der Waals surface area contributed by atoms with Gasteiger partial charge in [0, 0.05) is 23.0 Å². The van der Waals surface area contributed by atoms with Crippen LogP contribution in [0.15, 0.2) is 60.9 Å². The number of alkyl halides is 3. The molecular weight excluding hydrogens is 337 g/mol. The number of hydrogen-bond donors (Lipinski definition) is 1. The number of pyridine rings is 1. The molecule has 0 unspecified atom stereocenters. The van der Waals surface area contributed by atoms with Crippen molar-refractivity contribution < 1.29 is 18.0 Å². The fourth-order valence-electron chi connectivity index (χ4n) is 2.10. The molecule has 0 aliphatic rings. The van der Waals surface area contributed by atoms with Crippen molar-refractivity contribution in [2.45, 2.75) is 6.18 Å². The number of nitrogens with zero attached hydrogens (tertiary/aromatic N) is 1. The van der Waals surface area contributed by atoms with E-state index in [1.165, 1.54) is 23.5 Å². The monoisotopic (exact) mass is 348 g/mol. The molecule has 24 heavy (non-hydrogen) atoms. The first kappa shape index (κ1) is 16.2. The van der Waals surface area contributed by atoms with Crippen molar-refractivity contribution in [1.29, 1.82) is 0 Å². The number of nitrogens with one attached hydrogen (secondary N) is 1. The molecule has 2 aromatic heterocycles. The Bertz CT molecular complexity index is 860. The predicted molar refractivity (Wildman–Crippen MR) is 86.9 cm³/mol. The third-order valence-corrected chi connectivity index (χ3v) is 4.38. The largest absolute Gasteiger partial charge is 0.416 e. The van der Waals surface area contributed by atoms with Crippen LogP contribution in [-0.4, -0.2) is 10.9 Å². The molecule has 0 bridgehead atoms. The Labute approximate surface area is 139 Å². The van der Waals surface area contributed by atoms with Gasteiger partial charge in [0.1, 0.15) is 0 Å². The molecule has 122 valence electrons. The fraction of sp³-hybridized carbons (Fsp3) is 0.0588. The molecule has 1 N–H and O–H groups in total. The minimum absolute atomic E-state index is 0.105. The van der Waals surface area contributed by atoms with Gasteiger partial charge in [0.15, 0.2) is 0 Å². The molecule has 1 amide bonds. The molecule has 0 radical (unpaired) electrons. The van der Waals surface area contributed by atoms with Gasteiger partial charge < -0.3 is 5.32 Å². The van der Waals surface area contributed by atoms with E-state index >= 15 is 0 Å². The Balaban J connectivity index is 1.78. The van der Waals surface area contributed by atoms with Crippen LogP contribution in [0.5, 0.6) is 0 Å². The topological polar surface area (TPSA) is 42.0 Å². The van der Waals surface area contributed by atoms with Crippen molar-refractivity contribution in [3.05, 3.63) is 71.4 Å². The van der Waals surface area contributed by atoms with Crippen LogP contribution in [-0.2, 0) is 6.18 Å². The molecule has 3 rings (SSSR count). The number of benzene rings is 1. The van der Waals surface area contributed by atoms with Gasteiger partial charge in [-0.2, -0.15) is 13.2 Å². The van der Waals surface area contributed by atoms with Gasteiger partial charge >= 0.3 is 6.18 Å². The van der Waals surface area contributed by atoms with E-state index in [0.29, 0.717) is 4.88 Å². The van der Waals surface area contributed by atoms with Crippen LogP contribution in [0.4, 0.5) is 18.9 Å². The second-order valence-electron chi connectivity index (χ2n) is 4.93. The Morgan fingerprint density at radius 1 is 1.04 bits per heavy atom. The van der Waals surface area contributed by atoms with Crippen LogP contribution in [0.25, 0.3) is 10.4 Å². The summed E-state index contributed by atoms with van der Waals surface area (Å²) in [6.07, 6.45) is -1.15. The summed E-state index contributed by atoms with van der Waals surface area (Å²) in [5, 5.41) is 2.49. The van der Waals surface area contributed by atoms with Gasteiger partial charge in [-0.15, -0.1) is 11.3 Å². The first-order valence-corrected chi connectivity index (χ1v) is 7.74. The second-order valence-corrected chi connectivity index (χ2v) is 6.02. The number of carbonyl (C=O) groups is 1. The molecule has 0 saturated carbocycles. The van der Waals surface area contributed by atoms with Crippen LogP contribution >= 0.6 is 11.3 Å². The molecule has 0 fully saturated rings. The van der Waals surface area contributed by atoms with Gasteiger partial charge in [-0.25, -0.2) is 0 Å². The second kappa shape index (κ2) is 6.45. The van der Waals surface area contributed by atoms with E-state index in [2.05, 4.69) is 10.3 Å². The van der Waals surface area contributed by atoms with Crippen LogP contribution in [0.3, 0.4) is 0 Å². The lowest BCUT2D eigenvalue weighted by molar-refractivity contribution is -0.137. The zero-order chi connectivity index (χ0) is 17.2. The lowest BCUT2D eigenvalue weighted by Crippen LogP contribution is -2.11. The van der Waals surface area contributed by atoms with Gasteiger partial charge in [0.05, 0.1) is 10.4 Å². The summed E-state index contributed by atoms with van der Waals surface area (Å²) in [4.78, 5) is 17.5. The zero-order valence-electron chi connectivity index (χ0n) is 12.2. The summed E-state index contributed by atoms with van der Waals surface area (Å²) in [5.74, 6) is -0.445. The summed E-state index contributed by atoms with van der Waals surface area (Å²) in [5.41, 5.74) is 0.228. The Kier molecular flexibility index (Phi) is 4.35. The summed E-state index contributed by atoms with van der Waals surface area (Å²) < 4.78 is 38.1. The highest BCUT2D eigenvalue weighted by molar-refractivity contribution is 7.17. The molecule has 0 atom stereocenters. The Morgan fingerprint density at radius 3 is 2.50 bits per heavy atom. The molecule has 2 heterocycles. The molecule has 0 aliphatic carbocycles. The van der Waals surface area contributed by atoms with Gasteiger partial charge in [0.2, 0.25) is 0 Å². The van der Waals surface area contributed by atoms with Gasteiger partial charge in [-0.3, -0.25) is 9.78 Å². The molecule has 3 aromatic rings. The number of hydrogen-bond acceptors (Lipinski definition) is 3. The van der Waals surface area contributed by atoms with Crippen molar-refractivity contribution in [1.82, 2.24) is 4.98 Å². The van der Waals surface area contributed by atoms with E-state index in [0.717, 1.165) is 22.6 Å². The first-order chi connectivity index (χ1) is 11.4. The summed E-state index contributed by atoms with van der Waals surface area (Å²) in [6, 6.07) is 11.6. The van der Waals surface area contributed by atoms with Crippen molar-refractivity contribution in [3.8, 4) is 10.4 Å². The number of rotatable bonds is 3. The summed E-state index contributed by atoms with van der Waals surface area (Å²) >= 11 is 1.26. The van der Waals surface area contributed by atoms with Crippen molar-refractivity contribution in [2.24, 2.45) is 0 Å². The standard InChI is InChI=1S/C17H11F3N2OS/c18-17(19,20)12-2-1-3-13(10-12)22-16(23)15-5-4-14(24-15)11-6-8-21-9-7-11/h1-10H,(H,22,23). The van der Waals surface area contributed by atoms with Gasteiger partial charge in [-0.1, -0.05) is 6.07 Å². The number of thiophene rings is 1. The zero-order valence-corrected chi connectivity index (χ0v) is 13.0. The normalized spacial score (nSPS) is 11.3. The molecule has 0 aliphatic heterocycles. The van der Waals surface area contributed by atoms with Crippen molar-refractivity contribution >= 4 is 22.9 Å². The van der Waals surface area contributed by atoms with Gasteiger partial charge in [0.25, 0.3) is 5.91 Å². The molecule has 7 heteroatoms. The molecule has 1 aromatic carbocycles. The highest BCUT2D eigenvalue weighted by Crippen LogP contribution is 2.31. The minimum Gasteiger partial charge on any atom is -0.321 e. The lowest BCUT2D eigenvalue weighted by Gasteiger charge is -2.09. The summed E-state index contributed by atoms with van der Waals surface area (Å²) in [7, 11) is 0. The lowest BCUT2D eigenvalue weighted by atomic mass is 10.2. The molecule has 0 saturated heterocycles. The number of carbonyl (C=O) groups excluding carboxylic acids is 1. The summed E-state index contributed by atoms with van der Waals surface area (Å²) in [6.45, 7) is 0. The average molecular weight is 348 g/mol. The average Bonchev–Trinajstić information content (AvgIpc) is 3.05. The molecule has 0 spiro atoms. The van der Waals surface area contributed by atoms with E-state index in [4.69, 9.17) is 0 Å². The quantitative estimate of drug-likeness (QED) is 0.717. The Morgan fingerprint density at radius 2 is 1.79 bits per heavy atom.